The van der Waals surface area contributed by atoms with Crippen LogP contribution in [0.4, 0.5) is 0 Å². The molecule has 0 aromatic heterocycles. The molecule has 0 unspecified atom stereocenters. The predicted molar refractivity (Wildman–Crippen MR) is 104 cm³/mol. The molecule has 0 nitrogen and oxygen atoms in total. The molecule has 2 heteroatoms. The van der Waals surface area contributed by atoms with E-state index in [1.165, 1.54) is 10.8 Å². The third-order valence-corrected chi connectivity index (χ3v) is 13.7. The summed E-state index contributed by atoms with van der Waals surface area (Å²) in [6.45, 7) is 23.6. The van der Waals surface area contributed by atoms with E-state index in [9.17, 15) is 0 Å². The van der Waals surface area contributed by atoms with Gasteiger partial charge in [-0.15, -0.1) is 0 Å². The van der Waals surface area contributed by atoms with Crippen LogP contribution in [0.5, 0.6) is 0 Å². The van der Waals surface area contributed by atoms with Crippen LogP contribution in [0.15, 0.2) is 30.8 Å². The molecule has 0 amide bonds. The first kappa shape index (κ1) is 18.4. The smallest absolute Gasteiger partial charge is 0.0942 e. The lowest BCUT2D eigenvalue weighted by Crippen LogP contribution is -2.55. The summed E-state index contributed by atoms with van der Waals surface area (Å²) in [4.78, 5) is 0. The van der Waals surface area contributed by atoms with Crippen molar-refractivity contribution in [2.75, 3.05) is 0 Å². The summed E-state index contributed by atoms with van der Waals surface area (Å²) in [7, 11) is -2.01. The van der Waals surface area contributed by atoms with Gasteiger partial charge in [-0.1, -0.05) is 95.9 Å². The van der Waals surface area contributed by atoms with Crippen LogP contribution < -0.4 is 5.19 Å². The Morgan fingerprint density at radius 2 is 1.43 bits per heavy atom. The number of benzene rings is 1. The van der Waals surface area contributed by atoms with Gasteiger partial charge in [-0.2, -0.15) is 0 Å². The van der Waals surface area contributed by atoms with E-state index in [1.54, 1.807) is 5.19 Å². The number of hydrogen-bond acceptors (Lipinski definition) is 0. The van der Waals surface area contributed by atoms with Crippen LogP contribution in [0.25, 0.3) is 5.20 Å². The average molecular weight is 318 g/mol. The quantitative estimate of drug-likeness (QED) is 0.575. The fourth-order valence-electron chi connectivity index (χ4n) is 4.26. The van der Waals surface area contributed by atoms with E-state index in [1.807, 2.05) is 0 Å². The lowest BCUT2D eigenvalue weighted by Gasteiger charge is -2.44. The number of rotatable bonds is 6. The van der Waals surface area contributed by atoms with Crippen LogP contribution in [0, 0.1) is 0 Å². The van der Waals surface area contributed by atoms with E-state index in [0.29, 0.717) is 0 Å². The summed E-state index contributed by atoms with van der Waals surface area (Å²) in [5.41, 5.74) is 3.65. The molecule has 0 fully saturated rings. The standard InChI is InChI=1S/C19H33Si2/c1-14(2)21(15(3)4,16(5)6)19-12-10-11-18(13-19)17(7)20(8)9/h10-16H,7H2,1-6,8-9H3. The zero-order valence-corrected chi connectivity index (χ0v) is 17.2. The second-order valence-electron chi connectivity index (χ2n) is 7.46. The first-order valence-corrected chi connectivity index (χ1v) is 13.0. The highest BCUT2D eigenvalue weighted by atomic mass is 28.3. The topological polar surface area (TPSA) is 0 Å². The second kappa shape index (κ2) is 7.10. The van der Waals surface area contributed by atoms with Crippen molar-refractivity contribution in [1.82, 2.24) is 0 Å². The van der Waals surface area contributed by atoms with Crippen LogP contribution in [-0.4, -0.2) is 16.9 Å². The maximum Gasteiger partial charge on any atom is 0.0942 e. The molecule has 0 aliphatic heterocycles. The Balaban J connectivity index is 3.47. The molecular formula is C19H33Si2. The third kappa shape index (κ3) is 3.42. The van der Waals surface area contributed by atoms with Gasteiger partial charge in [-0.05, 0) is 22.2 Å². The van der Waals surface area contributed by atoms with Crippen LogP contribution in [0.1, 0.15) is 47.1 Å². The van der Waals surface area contributed by atoms with Crippen LogP contribution in [0.3, 0.4) is 0 Å². The molecule has 0 heterocycles. The second-order valence-corrected chi connectivity index (χ2v) is 16.0. The van der Waals surface area contributed by atoms with Gasteiger partial charge in [0.05, 0.1) is 16.9 Å². The largest absolute Gasteiger partial charge is 0.0995 e. The van der Waals surface area contributed by atoms with E-state index in [2.05, 4.69) is 85.5 Å². The molecule has 0 aliphatic carbocycles. The maximum atomic E-state index is 4.34. The van der Waals surface area contributed by atoms with Crippen LogP contribution in [-0.2, 0) is 0 Å². The summed E-state index contributed by atoms with van der Waals surface area (Å²) in [6, 6.07) is 9.38. The van der Waals surface area contributed by atoms with Gasteiger partial charge < -0.3 is 0 Å². The van der Waals surface area contributed by atoms with Gasteiger partial charge in [0.15, 0.2) is 0 Å². The maximum absolute atomic E-state index is 4.34. The molecule has 117 valence electrons. The average Bonchev–Trinajstić information content (AvgIpc) is 2.37. The lowest BCUT2D eigenvalue weighted by atomic mass is 10.2. The first-order chi connectivity index (χ1) is 9.65. The van der Waals surface area contributed by atoms with Crippen molar-refractivity contribution in [1.29, 1.82) is 0 Å². The summed E-state index contributed by atoms with van der Waals surface area (Å²) in [5, 5.41) is 2.99. The van der Waals surface area contributed by atoms with Gasteiger partial charge >= 0.3 is 0 Å². The summed E-state index contributed by atoms with van der Waals surface area (Å²) in [5.74, 6) is 0. The van der Waals surface area contributed by atoms with Crippen molar-refractivity contribution in [2.45, 2.75) is 71.3 Å². The van der Waals surface area contributed by atoms with E-state index in [-0.39, 0.29) is 0 Å². The van der Waals surface area contributed by atoms with Gasteiger partial charge in [0, 0.05) is 0 Å². The Bertz CT molecular complexity index is 462. The molecule has 21 heavy (non-hydrogen) atoms. The molecule has 0 aliphatic rings. The molecule has 1 rings (SSSR count). The van der Waals surface area contributed by atoms with Crippen molar-refractivity contribution in [3.63, 3.8) is 0 Å². The molecule has 0 bridgehead atoms. The zero-order chi connectivity index (χ0) is 16.4. The highest BCUT2D eigenvalue weighted by molar-refractivity contribution is 6.95. The Morgan fingerprint density at radius 1 is 0.952 bits per heavy atom. The fourth-order valence-corrected chi connectivity index (χ4v) is 11.8. The monoisotopic (exact) mass is 317 g/mol. The molecule has 0 N–H and O–H groups in total. The number of hydrogen-bond donors (Lipinski definition) is 0. The van der Waals surface area contributed by atoms with Crippen molar-refractivity contribution >= 4 is 27.3 Å². The van der Waals surface area contributed by atoms with Gasteiger partial charge in [0.2, 0.25) is 0 Å². The molecule has 1 aromatic carbocycles. The highest BCUT2D eigenvalue weighted by Gasteiger charge is 2.44. The van der Waals surface area contributed by atoms with Crippen molar-refractivity contribution in [3.8, 4) is 0 Å². The third-order valence-electron chi connectivity index (χ3n) is 5.18. The predicted octanol–water partition coefficient (Wildman–Crippen LogP) is 5.88. The van der Waals surface area contributed by atoms with Crippen molar-refractivity contribution in [2.24, 2.45) is 0 Å². The molecular weight excluding hydrogens is 284 g/mol. The van der Waals surface area contributed by atoms with E-state index in [0.717, 1.165) is 16.6 Å². The van der Waals surface area contributed by atoms with E-state index in [4.69, 9.17) is 0 Å². The Hall–Kier alpha value is -0.606. The Labute approximate surface area is 135 Å². The van der Waals surface area contributed by atoms with Gasteiger partial charge in [-0.25, -0.2) is 0 Å². The Kier molecular flexibility index (Phi) is 6.24. The molecule has 1 radical (unpaired) electrons. The lowest BCUT2D eigenvalue weighted by molar-refractivity contribution is 0.835. The van der Waals surface area contributed by atoms with Crippen molar-refractivity contribution in [3.05, 3.63) is 36.4 Å². The SMILES string of the molecule is C=C(c1cccc([Si](C(C)C)(C(C)C)C(C)C)c1)[Si](C)C. The summed E-state index contributed by atoms with van der Waals surface area (Å²) < 4.78 is 0. The molecule has 0 atom stereocenters. The van der Waals surface area contributed by atoms with Gasteiger partial charge in [-0.3, -0.25) is 0 Å². The normalized spacial score (nSPS) is 12.8. The van der Waals surface area contributed by atoms with Gasteiger partial charge in [0.25, 0.3) is 0 Å². The van der Waals surface area contributed by atoms with Crippen LogP contribution >= 0.6 is 0 Å². The minimum Gasteiger partial charge on any atom is -0.0995 e. The molecule has 0 saturated carbocycles. The Morgan fingerprint density at radius 3 is 1.81 bits per heavy atom. The minimum absolute atomic E-state index is 0.465. The van der Waals surface area contributed by atoms with E-state index >= 15 is 0 Å². The first-order valence-electron chi connectivity index (χ1n) is 8.26. The van der Waals surface area contributed by atoms with Gasteiger partial charge in [0.1, 0.15) is 0 Å². The zero-order valence-electron chi connectivity index (χ0n) is 15.2. The molecule has 0 saturated heterocycles. The van der Waals surface area contributed by atoms with Crippen molar-refractivity contribution < 1.29 is 0 Å². The van der Waals surface area contributed by atoms with Crippen LogP contribution in [0.2, 0.25) is 29.7 Å². The molecule has 0 spiro atoms. The highest BCUT2D eigenvalue weighted by Crippen LogP contribution is 2.41. The van der Waals surface area contributed by atoms with E-state index < -0.39 is 16.9 Å². The fraction of sp³-hybridized carbons (Fsp3) is 0.579. The minimum atomic E-state index is -1.55. The molecule has 1 aromatic rings. The summed E-state index contributed by atoms with van der Waals surface area (Å²) >= 11 is 0. The summed E-state index contributed by atoms with van der Waals surface area (Å²) in [6.07, 6.45) is 0.